The Morgan fingerprint density at radius 2 is 1.60 bits per heavy atom. The molecule has 3 rings (SSSR count). The zero-order valence-corrected chi connectivity index (χ0v) is 27.1. The van der Waals surface area contributed by atoms with Crippen LogP contribution in [0.1, 0.15) is 50.8 Å². The van der Waals surface area contributed by atoms with Crippen LogP contribution in [0.2, 0.25) is 10.0 Å². The summed E-state index contributed by atoms with van der Waals surface area (Å²) >= 11 is 12.6. The van der Waals surface area contributed by atoms with E-state index < -0.39 is 28.5 Å². The fourth-order valence-corrected chi connectivity index (χ4v) is 5.81. The first-order valence-corrected chi connectivity index (χ1v) is 16.4. The minimum absolute atomic E-state index is 0.0214. The zero-order chi connectivity index (χ0) is 31.1. The van der Waals surface area contributed by atoms with Gasteiger partial charge in [0.2, 0.25) is 21.8 Å². The molecule has 42 heavy (non-hydrogen) atoms. The minimum atomic E-state index is -3.86. The molecule has 0 saturated heterocycles. The summed E-state index contributed by atoms with van der Waals surface area (Å²) in [7, 11) is -3.86. The van der Waals surface area contributed by atoms with Crippen LogP contribution in [0.15, 0.2) is 72.8 Å². The third-order valence-corrected chi connectivity index (χ3v) is 8.60. The monoisotopic (exact) mass is 631 g/mol. The third-order valence-electron chi connectivity index (χ3n) is 6.88. The fraction of sp³-hybridized carbons (Fsp3) is 0.375. The van der Waals surface area contributed by atoms with Gasteiger partial charge < -0.3 is 10.2 Å². The number of amides is 2. The van der Waals surface area contributed by atoms with E-state index in [0.717, 1.165) is 21.7 Å². The molecule has 3 aromatic carbocycles. The number of sulfonamides is 1. The second kappa shape index (κ2) is 14.4. The Morgan fingerprint density at radius 3 is 2.14 bits per heavy atom. The van der Waals surface area contributed by atoms with Gasteiger partial charge in [-0.3, -0.25) is 13.9 Å². The highest BCUT2D eigenvalue weighted by molar-refractivity contribution is 7.92. The van der Waals surface area contributed by atoms with Gasteiger partial charge in [0.15, 0.2) is 0 Å². The number of benzene rings is 3. The van der Waals surface area contributed by atoms with Gasteiger partial charge in [-0.25, -0.2) is 8.42 Å². The van der Waals surface area contributed by atoms with Gasteiger partial charge in [-0.05, 0) is 52.8 Å². The van der Waals surface area contributed by atoms with Gasteiger partial charge in [0.1, 0.15) is 12.6 Å². The fourth-order valence-electron chi connectivity index (χ4n) is 4.49. The number of hydrogen-bond acceptors (Lipinski definition) is 4. The van der Waals surface area contributed by atoms with Crippen molar-refractivity contribution >= 4 is 50.7 Å². The number of carbonyl (C=O) groups is 2. The number of carbonyl (C=O) groups excluding carboxylic acids is 2. The quantitative estimate of drug-likeness (QED) is 0.257. The minimum Gasteiger partial charge on any atom is -0.354 e. The van der Waals surface area contributed by atoms with Crippen molar-refractivity contribution in [3.8, 4) is 0 Å². The highest BCUT2D eigenvalue weighted by atomic mass is 35.5. The van der Waals surface area contributed by atoms with Crippen LogP contribution >= 0.6 is 23.2 Å². The van der Waals surface area contributed by atoms with E-state index in [1.807, 2.05) is 49.4 Å². The Labute approximate surface area is 259 Å². The predicted octanol–water partition coefficient (Wildman–Crippen LogP) is 6.22. The first-order chi connectivity index (χ1) is 19.7. The van der Waals surface area contributed by atoms with Gasteiger partial charge in [-0.15, -0.1) is 0 Å². The second-order valence-electron chi connectivity index (χ2n) is 11.3. The maximum atomic E-state index is 14.2. The van der Waals surface area contributed by atoms with Crippen LogP contribution in [0.4, 0.5) is 5.69 Å². The first-order valence-electron chi connectivity index (χ1n) is 13.8. The summed E-state index contributed by atoms with van der Waals surface area (Å²) in [5, 5.41) is 3.69. The number of nitrogens with one attached hydrogen (secondary N) is 1. The van der Waals surface area contributed by atoms with Crippen LogP contribution in [0, 0.1) is 0 Å². The first kappa shape index (κ1) is 33.4. The third kappa shape index (κ3) is 9.21. The molecule has 1 atom stereocenters. The molecule has 10 heteroatoms. The van der Waals surface area contributed by atoms with Gasteiger partial charge in [0.05, 0.1) is 11.9 Å². The standard InChI is InChI=1S/C32H39Cl2N3O4S/c1-6-18-35-31(39)29(19-23-10-8-7-9-11-23)36(21-24-12-15-26(33)20-28(24)34)30(38)22-37(42(5,40)41)27-16-13-25(14-17-27)32(2,3)4/h7-17,20,29H,6,18-19,21-22H2,1-5H3,(H,35,39)/t29-/m0/s1. The number of hydrogen-bond donors (Lipinski definition) is 1. The van der Waals surface area contributed by atoms with Crippen molar-refractivity contribution in [2.24, 2.45) is 0 Å². The molecule has 1 N–H and O–H groups in total. The molecule has 0 saturated carbocycles. The highest BCUT2D eigenvalue weighted by Crippen LogP contribution is 2.27. The van der Waals surface area contributed by atoms with Crippen molar-refractivity contribution in [3.63, 3.8) is 0 Å². The largest absolute Gasteiger partial charge is 0.354 e. The van der Waals surface area contributed by atoms with Crippen LogP contribution < -0.4 is 9.62 Å². The summed E-state index contributed by atoms with van der Waals surface area (Å²) in [6.07, 6.45) is 2.01. The van der Waals surface area contributed by atoms with E-state index in [2.05, 4.69) is 26.1 Å². The van der Waals surface area contributed by atoms with Crippen molar-refractivity contribution in [2.75, 3.05) is 23.7 Å². The maximum absolute atomic E-state index is 14.2. The Balaban J connectivity index is 2.06. The lowest BCUT2D eigenvalue weighted by Gasteiger charge is -2.34. The zero-order valence-electron chi connectivity index (χ0n) is 24.7. The molecule has 0 fully saturated rings. The van der Waals surface area contributed by atoms with Crippen LogP contribution in [-0.2, 0) is 38.0 Å². The lowest BCUT2D eigenvalue weighted by molar-refractivity contribution is -0.140. The smallest absolute Gasteiger partial charge is 0.244 e. The average Bonchev–Trinajstić information content (AvgIpc) is 2.92. The predicted molar refractivity (Wildman–Crippen MR) is 172 cm³/mol. The van der Waals surface area contributed by atoms with Crippen LogP contribution in [0.25, 0.3) is 0 Å². The van der Waals surface area contributed by atoms with Crippen molar-refractivity contribution in [1.82, 2.24) is 10.2 Å². The second-order valence-corrected chi connectivity index (χ2v) is 14.1. The molecule has 0 heterocycles. The maximum Gasteiger partial charge on any atom is 0.244 e. The van der Waals surface area contributed by atoms with Crippen LogP contribution in [0.3, 0.4) is 0 Å². The van der Waals surface area contributed by atoms with Crippen molar-refractivity contribution in [1.29, 1.82) is 0 Å². The lowest BCUT2D eigenvalue weighted by atomic mass is 9.87. The summed E-state index contributed by atoms with van der Waals surface area (Å²) in [5.74, 6) is -0.876. The highest BCUT2D eigenvalue weighted by Gasteiger charge is 2.33. The molecule has 0 unspecified atom stereocenters. The molecule has 0 aliphatic heterocycles. The molecular formula is C32H39Cl2N3O4S. The van der Waals surface area contributed by atoms with Crippen molar-refractivity contribution in [3.05, 3.63) is 99.5 Å². The van der Waals surface area contributed by atoms with Crippen molar-refractivity contribution in [2.45, 2.75) is 58.5 Å². The Bertz CT molecular complexity index is 1470. The summed E-state index contributed by atoms with van der Waals surface area (Å²) in [6.45, 7) is 8.06. The van der Waals surface area contributed by atoms with Crippen LogP contribution in [-0.4, -0.2) is 50.5 Å². The van der Waals surface area contributed by atoms with E-state index in [4.69, 9.17) is 23.2 Å². The molecule has 0 aromatic heterocycles. The van der Waals surface area contributed by atoms with E-state index in [0.29, 0.717) is 34.3 Å². The molecule has 3 aromatic rings. The lowest BCUT2D eigenvalue weighted by Crippen LogP contribution is -2.53. The average molecular weight is 633 g/mol. The molecule has 0 radical (unpaired) electrons. The molecule has 226 valence electrons. The van der Waals surface area contributed by atoms with Gasteiger partial charge in [0, 0.05) is 29.6 Å². The number of halogens is 2. The molecular weight excluding hydrogens is 593 g/mol. The Hall–Kier alpha value is -3.07. The number of anilines is 1. The van der Waals surface area contributed by atoms with E-state index in [1.165, 1.54) is 4.90 Å². The molecule has 7 nitrogen and oxygen atoms in total. The normalized spacial score (nSPS) is 12.5. The number of rotatable bonds is 12. The van der Waals surface area contributed by atoms with E-state index in [-0.39, 0.29) is 24.3 Å². The Morgan fingerprint density at radius 1 is 0.952 bits per heavy atom. The molecule has 0 aliphatic rings. The van der Waals surface area contributed by atoms with Gasteiger partial charge in [-0.2, -0.15) is 0 Å². The summed E-state index contributed by atoms with van der Waals surface area (Å²) in [5.41, 5.74) is 2.69. The van der Waals surface area contributed by atoms with Gasteiger partial charge in [-0.1, -0.05) is 99.4 Å². The number of nitrogens with zero attached hydrogens (tertiary/aromatic N) is 2. The van der Waals surface area contributed by atoms with E-state index in [1.54, 1.807) is 30.3 Å². The summed E-state index contributed by atoms with van der Waals surface area (Å²) in [6, 6.07) is 20.5. The van der Waals surface area contributed by atoms with Gasteiger partial charge in [0.25, 0.3) is 0 Å². The Kier molecular flexibility index (Phi) is 11.5. The van der Waals surface area contributed by atoms with Crippen molar-refractivity contribution < 1.29 is 18.0 Å². The summed E-state index contributed by atoms with van der Waals surface area (Å²) < 4.78 is 27.1. The van der Waals surface area contributed by atoms with Gasteiger partial charge >= 0.3 is 0 Å². The molecule has 0 aliphatic carbocycles. The SMILES string of the molecule is CCCNC(=O)[C@H](Cc1ccccc1)N(Cc1ccc(Cl)cc1Cl)C(=O)CN(c1ccc(C(C)(C)C)cc1)S(C)(=O)=O. The topological polar surface area (TPSA) is 86.8 Å². The van der Waals surface area contributed by atoms with E-state index in [9.17, 15) is 18.0 Å². The van der Waals surface area contributed by atoms with Crippen LogP contribution in [0.5, 0.6) is 0 Å². The molecule has 0 bridgehead atoms. The van der Waals surface area contributed by atoms with E-state index >= 15 is 0 Å². The summed E-state index contributed by atoms with van der Waals surface area (Å²) in [4.78, 5) is 29.1. The molecule has 0 spiro atoms. The molecule has 2 amide bonds.